The molecule has 0 amide bonds. The molecule has 0 saturated carbocycles. The van der Waals surface area contributed by atoms with Crippen molar-refractivity contribution in [2.45, 2.75) is 25.3 Å². The molecule has 1 saturated heterocycles. The lowest BCUT2D eigenvalue weighted by molar-refractivity contribution is 0.180. The summed E-state index contributed by atoms with van der Waals surface area (Å²) in [7, 11) is 0. The number of halogens is 1. The third kappa shape index (κ3) is 2.42. The van der Waals surface area contributed by atoms with E-state index in [9.17, 15) is 0 Å². The average molecular weight is 280 g/mol. The molecule has 2 atom stereocenters. The molecule has 1 aromatic carbocycles. The maximum Gasteiger partial charge on any atom is 0.0386 e. The van der Waals surface area contributed by atoms with Crippen molar-refractivity contribution in [2.75, 3.05) is 13.1 Å². The molecular formula is C15H18ClNS. The molecule has 2 heterocycles. The summed E-state index contributed by atoms with van der Waals surface area (Å²) >= 11 is 8.14. The monoisotopic (exact) mass is 279 g/mol. The Balaban J connectivity index is 1.76. The fourth-order valence-corrected chi connectivity index (χ4v) is 3.87. The van der Waals surface area contributed by atoms with Crippen LogP contribution in [-0.2, 0) is 6.54 Å². The molecule has 96 valence electrons. The van der Waals surface area contributed by atoms with Crippen LogP contribution in [0.5, 0.6) is 0 Å². The van der Waals surface area contributed by atoms with E-state index in [2.05, 4.69) is 41.5 Å². The van der Waals surface area contributed by atoms with Gasteiger partial charge in [0.1, 0.15) is 0 Å². The van der Waals surface area contributed by atoms with Crippen molar-refractivity contribution in [3.63, 3.8) is 0 Å². The molecule has 0 bridgehead atoms. The number of hydrogen-bond acceptors (Lipinski definition) is 2. The molecule has 1 nitrogen and oxygen atoms in total. The minimum Gasteiger partial charge on any atom is -0.299 e. The molecule has 1 aliphatic heterocycles. The highest BCUT2D eigenvalue weighted by Gasteiger charge is 2.24. The predicted octanol–water partition coefficient (Wildman–Crippen LogP) is 4.35. The fourth-order valence-electron chi connectivity index (χ4n) is 2.74. The molecule has 2 aromatic rings. The highest BCUT2D eigenvalue weighted by molar-refractivity contribution is 7.17. The van der Waals surface area contributed by atoms with E-state index >= 15 is 0 Å². The molecule has 0 N–H and O–H groups in total. The SMILES string of the molecule is CC1CN(Cc2csc3ccccc23)CCC1Cl. The van der Waals surface area contributed by atoms with Crippen molar-refractivity contribution in [2.24, 2.45) is 5.92 Å². The Bertz CT molecular complexity index is 536. The van der Waals surface area contributed by atoms with Crippen LogP contribution in [0.4, 0.5) is 0 Å². The summed E-state index contributed by atoms with van der Waals surface area (Å²) in [6, 6.07) is 8.69. The zero-order valence-corrected chi connectivity index (χ0v) is 12.2. The molecule has 2 unspecified atom stereocenters. The van der Waals surface area contributed by atoms with Crippen LogP contribution in [-0.4, -0.2) is 23.4 Å². The van der Waals surface area contributed by atoms with Crippen molar-refractivity contribution < 1.29 is 0 Å². The van der Waals surface area contributed by atoms with Gasteiger partial charge in [-0.25, -0.2) is 0 Å². The van der Waals surface area contributed by atoms with Gasteiger partial charge >= 0.3 is 0 Å². The second-order valence-electron chi connectivity index (χ2n) is 5.27. The third-order valence-corrected chi connectivity index (χ3v) is 5.50. The van der Waals surface area contributed by atoms with Crippen molar-refractivity contribution in [3.8, 4) is 0 Å². The van der Waals surface area contributed by atoms with Crippen molar-refractivity contribution in [1.82, 2.24) is 4.90 Å². The van der Waals surface area contributed by atoms with Crippen LogP contribution in [0.25, 0.3) is 10.1 Å². The van der Waals surface area contributed by atoms with E-state index in [4.69, 9.17) is 11.6 Å². The van der Waals surface area contributed by atoms with Gasteiger partial charge in [0, 0.05) is 23.2 Å². The number of piperidine rings is 1. The van der Waals surface area contributed by atoms with Crippen LogP contribution in [0.15, 0.2) is 29.6 Å². The zero-order valence-electron chi connectivity index (χ0n) is 10.6. The van der Waals surface area contributed by atoms with Gasteiger partial charge in [0.2, 0.25) is 0 Å². The second-order valence-corrected chi connectivity index (χ2v) is 6.75. The Morgan fingerprint density at radius 2 is 2.22 bits per heavy atom. The van der Waals surface area contributed by atoms with E-state index in [1.54, 1.807) is 0 Å². The standard InChI is InChI=1S/C15H18ClNS/c1-11-8-17(7-6-14(11)16)9-12-10-18-15-5-3-2-4-13(12)15/h2-5,10-11,14H,6-9H2,1H3. The minimum absolute atomic E-state index is 0.362. The van der Waals surface area contributed by atoms with E-state index in [1.807, 2.05) is 11.3 Å². The van der Waals surface area contributed by atoms with Gasteiger partial charge in [-0.15, -0.1) is 22.9 Å². The molecule has 0 spiro atoms. The zero-order chi connectivity index (χ0) is 12.5. The van der Waals surface area contributed by atoms with E-state index in [-0.39, 0.29) is 0 Å². The Morgan fingerprint density at radius 3 is 3.06 bits per heavy atom. The van der Waals surface area contributed by atoms with Gasteiger partial charge < -0.3 is 0 Å². The Labute approximate surface area is 117 Å². The molecule has 1 fully saturated rings. The quantitative estimate of drug-likeness (QED) is 0.739. The molecular weight excluding hydrogens is 262 g/mol. The summed E-state index contributed by atoms with van der Waals surface area (Å²) in [6.07, 6.45) is 1.12. The number of likely N-dealkylation sites (tertiary alicyclic amines) is 1. The third-order valence-electron chi connectivity index (χ3n) is 3.84. The number of fused-ring (bicyclic) bond motifs is 1. The summed E-state index contributed by atoms with van der Waals surface area (Å²) in [5.74, 6) is 0.602. The maximum atomic E-state index is 6.28. The Kier molecular flexibility index (Phi) is 3.60. The Morgan fingerprint density at radius 1 is 1.39 bits per heavy atom. The first-order valence-electron chi connectivity index (χ1n) is 6.55. The number of nitrogens with zero attached hydrogens (tertiary/aromatic N) is 1. The highest BCUT2D eigenvalue weighted by atomic mass is 35.5. The summed E-state index contributed by atoms with van der Waals surface area (Å²) in [4.78, 5) is 2.54. The van der Waals surface area contributed by atoms with Crippen LogP contribution >= 0.6 is 22.9 Å². The molecule has 3 rings (SSSR count). The summed E-state index contributed by atoms with van der Waals surface area (Å²) in [5.41, 5.74) is 1.47. The second kappa shape index (κ2) is 5.20. The molecule has 18 heavy (non-hydrogen) atoms. The van der Waals surface area contributed by atoms with E-state index < -0.39 is 0 Å². The van der Waals surface area contributed by atoms with E-state index in [0.717, 1.165) is 26.1 Å². The first-order chi connectivity index (χ1) is 8.74. The first-order valence-corrected chi connectivity index (χ1v) is 7.87. The van der Waals surface area contributed by atoms with Gasteiger partial charge in [0.05, 0.1) is 0 Å². The van der Waals surface area contributed by atoms with Crippen molar-refractivity contribution >= 4 is 33.0 Å². The van der Waals surface area contributed by atoms with Crippen LogP contribution in [0.2, 0.25) is 0 Å². The van der Waals surface area contributed by atoms with Gasteiger partial charge in [-0.1, -0.05) is 25.1 Å². The summed E-state index contributed by atoms with van der Waals surface area (Å²) in [6.45, 7) is 5.58. The highest BCUT2D eigenvalue weighted by Crippen LogP contribution is 2.29. The normalized spacial score (nSPS) is 25.7. The van der Waals surface area contributed by atoms with Crippen LogP contribution < -0.4 is 0 Å². The number of thiophene rings is 1. The lowest BCUT2D eigenvalue weighted by atomic mass is 9.99. The first kappa shape index (κ1) is 12.5. The molecule has 0 aliphatic carbocycles. The fraction of sp³-hybridized carbons (Fsp3) is 0.467. The van der Waals surface area contributed by atoms with Gasteiger partial charge in [-0.3, -0.25) is 4.90 Å². The smallest absolute Gasteiger partial charge is 0.0386 e. The van der Waals surface area contributed by atoms with Crippen LogP contribution in [0.3, 0.4) is 0 Å². The van der Waals surface area contributed by atoms with Crippen molar-refractivity contribution in [3.05, 3.63) is 35.2 Å². The number of rotatable bonds is 2. The maximum absolute atomic E-state index is 6.28. The minimum atomic E-state index is 0.362. The van der Waals surface area contributed by atoms with Crippen LogP contribution in [0, 0.1) is 5.92 Å². The number of hydrogen-bond donors (Lipinski definition) is 0. The largest absolute Gasteiger partial charge is 0.299 e. The summed E-state index contributed by atoms with van der Waals surface area (Å²) in [5, 5.41) is 4.09. The number of benzene rings is 1. The molecule has 1 aromatic heterocycles. The van der Waals surface area contributed by atoms with E-state index in [0.29, 0.717) is 11.3 Å². The molecule has 1 aliphatic rings. The summed E-state index contributed by atoms with van der Waals surface area (Å²) < 4.78 is 1.40. The van der Waals surface area contributed by atoms with Gasteiger partial charge in [0.25, 0.3) is 0 Å². The molecule has 3 heteroatoms. The lowest BCUT2D eigenvalue weighted by Crippen LogP contribution is -2.39. The predicted molar refractivity (Wildman–Crippen MR) is 80.5 cm³/mol. The average Bonchev–Trinajstić information content (AvgIpc) is 2.78. The van der Waals surface area contributed by atoms with Gasteiger partial charge in [0.15, 0.2) is 0 Å². The Hall–Kier alpha value is -0.570. The van der Waals surface area contributed by atoms with E-state index in [1.165, 1.54) is 15.6 Å². The lowest BCUT2D eigenvalue weighted by Gasteiger charge is -2.33. The van der Waals surface area contributed by atoms with Crippen molar-refractivity contribution in [1.29, 1.82) is 0 Å². The topological polar surface area (TPSA) is 3.24 Å². The van der Waals surface area contributed by atoms with Crippen LogP contribution in [0.1, 0.15) is 18.9 Å². The number of alkyl halides is 1. The molecule has 0 radical (unpaired) electrons. The van der Waals surface area contributed by atoms with Gasteiger partial charge in [-0.05, 0) is 41.3 Å². The van der Waals surface area contributed by atoms with Gasteiger partial charge in [-0.2, -0.15) is 0 Å².